The Morgan fingerprint density at radius 2 is 2.17 bits per heavy atom. The van der Waals surface area contributed by atoms with E-state index in [0.717, 1.165) is 17.3 Å². The Kier molecular flexibility index (Phi) is 2.42. The molecule has 3 heteroatoms. The van der Waals surface area contributed by atoms with Crippen molar-refractivity contribution in [2.24, 2.45) is 0 Å². The molecular formula is C9H8BrNS. The quantitative estimate of drug-likeness (QED) is 0.737. The maximum Gasteiger partial charge on any atom is 0.0946 e. The SMILES string of the molecule is BrCCc1nc2ccccc2s1. The van der Waals surface area contributed by atoms with Gasteiger partial charge in [-0.15, -0.1) is 11.3 Å². The summed E-state index contributed by atoms with van der Waals surface area (Å²) in [6.45, 7) is 0. The molecule has 12 heavy (non-hydrogen) atoms. The number of aryl methyl sites for hydroxylation is 1. The number of nitrogens with zero attached hydrogens (tertiary/aromatic N) is 1. The molecule has 0 aliphatic heterocycles. The Hall–Kier alpha value is -0.410. The van der Waals surface area contributed by atoms with Crippen molar-refractivity contribution in [2.75, 3.05) is 5.33 Å². The Balaban J connectivity index is 2.47. The van der Waals surface area contributed by atoms with Crippen molar-refractivity contribution < 1.29 is 0 Å². The molecule has 1 heterocycles. The normalized spacial score (nSPS) is 10.8. The molecule has 1 nitrogen and oxygen atoms in total. The average molecular weight is 242 g/mol. The van der Waals surface area contributed by atoms with Gasteiger partial charge in [-0.1, -0.05) is 28.1 Å². The van der Waals surface area contributed by atoms with Crippen molar-refractivity contribution >= 4 is 37.5 Å². The van der Waals surface area contributed by atoms with E-state index in [-0.39, 0.29) is 0 Å². The third-order valence-electron chi connectivity index (χ3n) is 1.65. The highest BCUT2D eigenvalue weighted by molar-refractivity contribution is 9.09. The zero-order chi connectivity index (χ0) is 8.39. The molecule has 0 radical (unpaired) electrons. The fraction of sp³-hybridized carbons (Fsp3) is 0.222. The zero-order valence-corrected chi connectivity index (χ0v) is 8.86. The molecule has 0 saturated carbocycles. The summed E-state index contributed by atoms with van der Waals surface area (Å²) in [6.07, 6.45) is 1.03. The van der Waals surface area contributed by atoms with Gasteiger partial charge in [0.1, 0.15) is 0 Å². The number of fused-ring (bicyclic) bond motifs is 1. The molecule has 0 spiro atoms. The Labute approximate surface area is 83.6 Å². The second-order valence-electron chi connectivity index (χ2n) is 2.51. The molecule has 0 fully saturated rings. The summed E-state index contributed by atoms with van der Waals surface area (Å²) in [5.41, 5.74) is 1.12. The molecule has 1 aromatic heterocycles. The van der Waals surface area contributed by atoms with E-state index >= 15 is 0 Å². The van der Waals surface area contributed by atoms with Gasteiger partial charge in [-0.2, -0.15) is 0 Å². The number of hydrogen-bond acceptors (Lipinski definition) is 2. The third kappa shape index (κ3) is 1.52. The molecule has 0 aliphatic carbocycles. The van der Waals surface area contributed by atoms with Crippen molar-refractivity contribution in [3.63, 3.8) is 0 Å². The number of thiazole rings is 1. The van der Waals surface area contributed by atoms with E-state index in [0.29, 0.717) is 0 Å². The van der Waals surface area contributed by atoms with Crippen LogP contribution in [0.3, 0.4) is 0 Å². The van der Waals surface area contributed by atoms with E-state index in [1.807, 2.05) is 6.07 Å². The molecule has 62 valence electrons. The van der Waals surface area contributed by atoms with Gasteiger partial charge in [0.05, 0.1) is 15.2 Å². The first-order chi connectivity index (χ1) is 5.90. The van der Waals surface area contributed by atoms with Crippen LogP contribution in [0.4, 0.5) is 0 Å². The molecule has 0 amide bonds. The number of para-hydroxylation sites is 1. The van der Waals surface area contributed by atoms with Crippen LogP contribution in [0.5, 0.6) is 0 Å². The van der Waals surface area contributed by atoms with Crippen LogP contribution in [0, 0.1) is 0 Å². The summed E-state index contributed by atoms with van der Waals surface area (Å²) < 4.78 is 1.29. The Morgan fingerprint density at radius 1 is 1.33 bits per heavy atom. The summed E-state index contributed by atoms with van der Waals surface area (Å²) >= 11 is 5.19. The lowest BCUT2D eigenvalue weighted by Crippen LogP contribution is -1.81. The molecule has 0 aliphatic rings. The molecule has 1 aromatic carbocycles. The van der Waals surface area contributed by atoms with Crippen LogP contribution in [0.2, 0.25) is 0 Å². The Morgan fingerprint density at radius 3 is 2.92 bits per heavy atom. The number of halogens is 1. The molecule has 0 unspecified atom stereocenters. The first-order valence-corrected chi connectivity index (χ1v) is 5.74. The first-order valence-electron chi connectivity index (χ1n) is 3.80. The number of rotatable bonds is 2. The smallest absolute Gasteiger partial charge is 0.0946 e. The average Bonchev–Trinajstić information content (AvgIpc) is 2.47. The number of alkyl halides is 1. The summed E-state index contributed by atoms with van der Waals surface area (Å²) in [6, 6.07) is 8.26. The second kappa shape index (κ2) is 3.54. The van der Waals surface area contributed by atoms with Crippen LogP contribution in [-0.2, 0) is 6.42 Å². The lowest BCUT2D eigenvalue weighted by molar-refractivity contribution is 1.13. The highest BCUT2D eigenvalue weighted by atomic mass is 79.9. The molecule has 0 N–H and O–H groups in total. The van der Waals surface area contributed by atoms with Crippen LogP contribution in [0.25, 0.3) is 10.2 Å². The predicted molar refractivity (Wildman–Crippen MR) is 57.1 cm³/mol. The van der Waals surface area contributed by atoms with Crippen molar-refractivity contribution in [3.8, 4) is 0 Å². The maximum absolute atomic E-state index is 4.49. The van der Waals surface area contributed by atoms with Crippen LogP contribution < -0.4 is 0 Å². The molecule has 2 rings (SSSR count). The van der Waals surface area contributed by atoms with Gasteiger partial charge in [-0.05, 0) is 12.1 Å². The molecule has 2 aromatic rings. The largest absolute Gasteiger partial charge is 0.241 e. The lowest BCUT2D eigenvalue weighted by Gasteiger charge is -1.83. The summed E-state index contributed by atoms with van der Waals surface area (Å²) in [5, 5.41) is 2.21. The van der Waals surface area contributed by atoms with Crippen molar-refractivity contribution in [1.82, 2.24) is 4.98 Å². The van der Waals surface area contributed by atoms with Crippen molar-refractivity contribution in [2.45, 2.75) is 6.42 Å². The molecule has 0 atom stereocenters. The first kappa shape index (κ1) is 8.20. The van der Waals surface area contributed by atoms with Crippen molar-refractivity contribution in [3.05, 3.63) is 29.3 Å². The van der Waals surface area contributed by atoms with Crippen LogP contribution in [-0.4, -0.2) is 10.3 Å². The van der Waals surface area contributed by atoms with E-state index in [1.165, 1.54) is 9.71 Å². The summed E-state index contributed by atoms with van der Waals surface area (Å²) in [5.74, 6) is 0. The number of hydrogen-bond donors (Lipinski definition) is 0. The minimum absolute atomic E-state index is 0.993. The van der Waals surface area contributed by atoms with Crippen LogP contribution in [0.15, 0.2) is 24.3 Å². The minimum atomic E-state index is 0.993. The predicted octanol–water partition coefficient (Wildman–Crippen LogP) is 3.23. The summed E-state index contributed by atoms with van der Waals surface area (Å²) in [4.78, 5) is 4.49. The van der Waals surface area contributed by atoms with Gasteiger partial charge in [-0.25, -0.2) is 4.98 Å². The maximum atomic E-state index is 4.49. The van der Waals surface area contributed by atoms with Gasteiger partial charge >= 0.3 is 0 Å². The summed E-state index contributed by atoms with van der Waals surface area (Å²) in [7, 11) is 0. The van der Waals surface area contributed by atoms with E-state index in [4.69, 9.17) is 0 Å². The zero-order valence-electron chi connectivity index (χ0n) is 6.46. The highest BCUT2D eigenvalue weighted by Gasteiger charge is 2.00. The molecule has 0 bridgehead atoms. The van der Waals surface area contributed by atoms with E-state index < -0.39 is 0 Å². The van der Waals surface area contributed by atoms with E-state index in [9.17, 15) is 0 Å². The van der Waals surface area contributed by atoms with E-state index in [2.05, 4.69) is 39.1 Å². The molecule has 0 saturated heterocycles. The molecular weight excluding hydrogens is 234 g/mol. The van der Waals surface area contributed by atoms with Gasteiger partial charge < -0.3 is 0 Å². The fourth-order valence-corrected chi connectivity index (χ4v) is 2.71. The Bertz CT molecular complexity index is 350. The fourth-order valence-electron chi connectivity index (χ4n) is 1.11. The number of aromatic nitrogens is 1. The van der Waals surface area contributed by atoms with Crippen LogP contribution >= 0.6 is 27.3 Å². The monoisotopic (exact) mass is 241 g/mol. The van der Waals surface area contributed by atoms with Gasteiger partial charge in [-0.3, -0.25) is 0 Å². The van der Waals surface area contributed by atoms with E-state index in [1.54, 1.807) is 11.3 Å². The van der Waals surface area contributed by atoms with Gasteiger partial charge in [0, 0.05) is 11.8 Å². The standard InChI is InChI=1S/C9H8BrNS/c10-6-5-9-11-7-3-1-2-4-8(7)12-9/h1-4H,5-6H2. The lowest BCUT2D eigenvalue weighted by atomic mass is 10.3. The topological polar surface area (TPSA) is 12.9 Å². The van der Waals surface area contributed by atoms with Gasteiger partial charge in [0.25, 0.3) is 0 Å². The minimum Gasteiger partial charge on any atom is -0.241 e. The van der Waals surface area contributed by atoms with Gasteiger partial charge in [0.15, 0.2) is 0 Å². The third-order valence-corrected chi connectivity index (χ3v) is 3.14. The second-order valence-corrected chi connectivity index (χ2v) is 4.42. The van der Waals surface area contributed by atoms with Gasteiger partial charge in [0.2, 0.25) is 0 Å². The number of benzene rings is 1. The van der Waals surface area contributed by atoms with Crippen molar-refractivity contribution in [1.29, 1.82) is 0 Å². The van der Waals surface area contributed by atoms with Crippen LogP contribution in [0.1, 0.15) is 5.01 Å². The highest BCUT2D eigenvalue weighted by Crippen LogP contribution is 2.21.